The van der Waals surface area contributed by atoms with Gasteiger partial charge in [0.2, 0.25) is 5.76 Å². The third kappa shape index (κ3) is 2.62. The molecular formula is C13H14O2. The second-order valence-electron chi connectivity index (χ2n) is 3.36. The summed E-state index contributed by atoms with van der Waals surface area (Å²) in [6.45, 7) is 2.13. The maximum atomic E-state index is 5.30. The Morgan fingerprint density at radius 3 is 2.80 bits per heavy atom. The Hall–Kier alpha value is -1.70. The van der Waals surface area contributed by atoms with E-state index in [-0.39, 0.29) is 0 Å². The molecule has 1 aromatic rings. The molecule has 0 saturated heterocycles. The van der Waals surface area contributed by atoms with Gasteiger partial charge in [0.1, 0.15) is 0 Å². The highest BCUT2D eigenvalue weighted by Gasteiger charge is 2.28. The van der Waals surface area contributed by atoms with Gasteiger partial charge in [0.05, 0.1) is 6.26 Å². The number of rotatable bonds is 5. The maximum Gasteiger partial charge on any atom is 0.335 e. The van der Waals surface area contributed by atoms with Crippen LogP contribution in [-0.2, 0) is 9.47 Å². The van der Waals surface area contributed by atoms with Gasteiger partial charge in [0, 0.05) is 5.56 Å². The molecule has 1 heterocycles. The average molecular weight is 202 g/mol. The van der Waals surface area contributed by atoms with Crippen molar-refractivity contribution in [3.63, 3.8) is 0 Å². The minimum Gasteiger partial charge on any atom is -0.432 e. The molecule has 0 N–H and O–H groups in total. The van der Waals surface area contributed by atoms with Crippen LogP contribution in [0.2, 0.25) is 0 Å². The van der Waals surface area contributed by atoms with E-state index in [1.165, 1.54) is 0 Å². The van der Waals surface area contributed by atoms with Crippen molar-refractivity contribution in [2.75, 3.05) is 0 Å². The molecule has 1 aromatic carbocycles. The molecule has 0 radical (unpaired) electrons. The summed E-state index contributed by atoms with van der Waals surface area (Å²) in [5, 5.41) is 0. The molecule has 0 atom stereocenters. The Bertz CT molecular complexity index is 377. The van der Waals surface area contributed by atoms with Crippen LogP contribution in [0.5, 0.6) is 0 Å². The van der Waals surface area contributed by atoms with Gasteiger partial charge in [-0.15, -0.1) is 0 Å². The highest BCUT2D eigenvalue weighted by molar-refractivity contribution is 5.69. The summed E-state index contributed by atoms with van der Waals surface area (Å²) in [7, 11) is 0. The van der Waals surface area contributed by atoms with Gasteiger partial charge < -0.3 is 9.47 Å². The monoisotopic (exact) mass is 202 g/mol. The molecule has 15 heavy (non-hydrogen) atoms. The van der Waals surface area contributed by atoms with Gasteiger partial charge in [0.25, 0.3) is 0 Å². The minimum absolute atomic E-state index is 0.619. The van der Waals surface area contributed by atoms with Crippen molar-refractivity contribution in [3.05, 3.63) is 54.2 Å². The minimum atomic E-state index is 0.619. The van der Waals surface area contributed by atoms with Crippen LogP contribution in [0.15, 0.2) is 48.6 Å². The van der Waals surface area contributed by atoms with Crippen molar-refractivity contribution in [2.24, 2.45) is 0 Å². The zero-order valence-corrected chi connectivity index (χ0v) is 8.77. The van der Waals surface area contributed by atoms with E-state index in [9.17, 15) is 0 Å². The predicted octanol–water partition coefficient (Wildman–Crippen LogP) is 3.67. The summed E-state index contributed by atoms with van der Waals surface area (Å²) in [5.41, 5.74) is 1.07. The Kier molecular flexibility index (Phi) is 3.08. The summed E-state index contributed by atoms with van der Waals surface area (Å²) >= 11 is 0. The number of ether oxygens (including phenoxy) is 2. The first-order chi connectivity index (χ1) is 7.42. The second-order valence-corrected chi connectivity index (χ2v) is 3.36. The van der Waals surface area contributed by atoms with E-state index in [1.807, 2.05) is 36.4 Å². The fourth-order valence-corrected chi connectivity index (χ4v) is 1.26. The zero-order chi connectivity index (χ0) is 10.5. The SMILES string of the molecule is CCCC=COC1=C(c2ccccc2)O1. The number of hydrogen-bond donors (Lipinski definition) is 0. The highest BCUT2D eigenvalue weighted by atomic mass is 16.7. The Morgan fingerprint density at radius 2 is 2.07 bits per heavy atom. The lowest BCUT2D eigenvalue weighted by Crippen LogP contribution is -1.70. The highest BCUT2D eigenvalue weighted by Crippen LogP contribution is 2.36. The Labute approximate surface area is 89.8 Å². The lowest BCUT2D eigenvalue weighted by Gasteiger charge is -1.85. The van der Waals surface area contributed by atoms with Crippen molar-refractivity contribution >= 4 is 5.76 Å². The Balaban J connectivity index is 1.90. The molecule has 2 rings (SSSR count). The van der Waals surface area contributed by atoms with Crippen LogP contribution in [0.1, 0.15) is 25.3 Å². The van der Waals surface area contributed by atoms with E-state index in [0.717, 1.165) is 24.2 Å². The standard InChI is InChI=1S/C13H14O2/c1-2-3-7-10-14-13-12(15-13)11-8-5-4-6-9-11/h4-10H,2-3H2,1H3. The van der Waals surface area contributed by atoms with Crippen LogP contribution in [0.3, 0.4) is 0 Å². The van der Waals surface area contributed by atoms with Gasteiger partial charge in [-0.25, -0.2) is 0 Å². The molecular weight excluding hydrogens is 188 g/mol. The number of benzene rings is 1. The first-order valence-corrected chi connectivity index (χ1v) is 5.21. The smallest absolute Gasteiger partial charge is 0.335 e. The molecule has 0 bridgehead atoms. The third-order valence-electron chi connectivity index (χ3n) is 2.10. The van der Waals surface area contributed by atoms with E-state index >= 15 is 0 Å². The first kappa shape index (κ1) is 9.84. The number of allylic oxidation sites excluding steroid dienone is 1. The van der Waals surface area contributed by atoms with Gasteiger partial charge in [0.15, 0.2) is 0 Å². The first-order valence-electron chi connectivity index (χ1n) is 5.21. The molecule has 0 saturated carbocycles. The van der Waals surface area contributed by atoms with Crippen LogP contribution in [0, 0.1) is 0 Å². The van der Waals surface area contributed by atoms with Gasteiger partial charge in [-0.2, -0.15) is 0 Å². The molecule has 2 nitrogen and oxygen atoms in total. The summed E-state index contributed by atoms with van der Waals surface area (Å²) in [6, 6.07) is 9.94. The van der Waals surface area contributed by atoms with Crippen LogP contribution < -0.4 is 0 Å². The predicted molar refractivity (Wildman–Crippen MR) is 59.6 cm³/mol. The molecule has 0 aromatic heterocycles. The van der Waals surface area contributed by atoms with E-state index in [2.05, 4.69) is 6.92 Å². The van der Waals surface area contributed by atoms with Crippen molar-refractivity contribution in [2.45, 2.75) is 19.8 Å². The largest absolute Gasteiger partial charge is 0.432 e. The number of unbranched alkanes of at least 4 members (excludes halogenated alkanes) is 1. The quantitative estimate of drug-likeness (QED) is 0.679. The van der Waals surface area contributed by atoms with E-state index in [4.69, 9.17) is 9.47 Å². The van der Waals surface area contributed by atoms with Crippen LogP contribution in [-0.4, -0.2) is 0 Å². The number of hydrogen-bond acceptors (Lipinski definition) is 2. The fraction of sp³-hybridized carbons (Fsp3) is 0.231. The van der Waals surface area contributed by atoms with Gasteiger partial charge >= 0.3 is 5.95 Å². The molecule has 2 heteroatoms. The molecule has 1 aliphatic heterocycles. The van der Waals surface area contributed by atoms with Crippen molar-refractivity contribution < 1.29 is 9.47 Å². The molecule has 78 valence electrons. The van der Waals surface area contributed by atoms with Gasteiger partial charge in [-0.3, -0.25) is 0 Å². The molecule has 0 unspecified atom stereocenters. The molecule has 0 fully saturated rings. The normalized spacial score (nSPS) is 14.2. The van der Waals surface area contributed by atoms with Crippen LogP contribution in [0.25, 0.3) is 5.76 Å². The van der Waals surface area contributed by atoms with Gasteiger partial charge in [-0.05, 0) is 12.5 Å². The zero-order valence-electron chi connectivity index (χ0n) is 8.77. The van der Waals surface area contributed by atoms with Crippen LogP contribution in [0.4, 0.5) is 0 Å². The lowest BCUT2D eigenvalue weighted by atomic mass is 10.2. The lowest BCUT2D eigenvalue weighted by molar-refractivity contribution is 0.252. The summed E-state index contributed by atoms with van der Waals surface area (Å²) in [6.07, 6.45) is 5.85. The van der Waals surface area contributed by atoms with Crippen LogP contribution >= 0.6 is 0 Å². The van der Waals surface area contributed by atoms with E-state index < -0.39 is 0 Å². The van der Waals surface area contributed by atoms with E-state index in [1.54, 1.807) is 6.26 Å². The molecule has 0 amide bonds. The maximum absolute atomic E-state index is 5.30. The summed E-state index contributed by atoms with van der Waals surface area (Å²) in [4.78, 5) is 0. The fourth-order valence-electron chi connectivity index (χ4n) is 1.26. The van der Waals surface area contributed by atoms with Gasteiger partial charge in [-0.1, -0.05) is 43.7 Å². The van der Waals surface area contributed by atoms with Crippen molar-refractivity contribution in [3.8, 4) is 0 Å². The van der Waals surface area contributed by atoms with Crippen molar-refractivity contribution in [1.82, 2.24) is 0 Å². The third-order valence-corrected chi connectivity index (χ3v) is 2.10. The Morgan fingerprint density at radius 1 is 1.27 bits per heavy atom. The topological polar surface area (TPSA) is 21.8 Å². The van der Waals surface area contributed by atoms with Crippen molar-refractivity contribution in [1.29, 1.82) is 0 Å². The molecule has 0 spiro atoms. The average Bonchev–Trinajstić information content (AvgIpc) is 3.05. The second kappa shape index (κ2) is 4.69. The molecule has 0 aliphatic carbocycles. The molecule has 1 aliphatic rings. The summed E-state index contributed by atoms with van der Waals surface area (Å²) in [5.74, 6) is 1.46. The van der Waals surface area contributed by atoms with E-state index in [0.29, 0.717) is 5.95 Å². The summed E-state index contributed by atoms with van der Waals surface area (Å²) < 4.78 is 10.5.